The van der Waals surface area contributed by atoms with Crippen LogP contribution in [0.1, 0.15) is 61.7 Å². The second-order valence-electron chi connectivity index (χ2n) is 8.22. The molecule has 140 valence electrons. The summed E-state index contributed by atoms with van der Waals surface area (Å²) < 4.78 is 0. The third-order valence-electron chi connectivity index (χ3n) is 6.42. The molecule has 0 radical (unpaired) electrons. The summed E-state index contributed by atoms with van der Waals surface area (Å²) in [5.41, 5.74) is 0.697. The van der Waals surface area contributed by atoms with Crippen LogP contribution in [0.5, 0.6) is 0 Å². The molecule has 5 heteroatoms. The molecule has 1 aromatic rings. The highest BCUT2D eigenvalue weighted by Crippen LogP contribution is 2.32. The van der Waals surface area contributed by atoms with Crippen LogP contribution in [0.2, 0.25) is 0 Å². The lowest BCUT2D eigenvalue weighted by molar-refractivity contribution is -0.140. The Kier molecular flexibility index (Phi) is 5.23. The minimum absolute atomic E-state index is 0.0769. The van der Waals surface area contributed by atoms with E-state index in [1.165, 1.54) is 25.7 Å². The summed E-state index contributed by atoms with van der Waals surface area (Å²) in [5, 5.41) is 0. The maximum atomic E-state index is 13.2. The van der Waals surface area contributed by atoms with Gasteiger partial charge in [-0.3, -0.25) is 14.6 Å². The van der Waals surface area contributed by atoms with Crippen molar-refractivity contribution in [2.75, 3.05) is 19.6 Å². The molecular formula is C21H29N3O2. The van der Waals surface area contributed by atoms with Crippen molar-refractivity contribution in [2.45, 2.75) is 57.4 Å². The number of amides is 2. The highest BCUT2D eigenvalue weighted by atomic mass is 16.2. The molecule has 4 aliphatic rings. The molecule has 0 spiro atoms. The quantitative estimate of drug-likeness (QED) is 0.766. The number of carbonyl (C=O) groups is 2. The Labute approximate surface area is 155 Å². The first-order chi connectivity index (χ1) is 12.7. The molecule has 2 amide bonds. The molecule has 1 saturated carbocycles. The molecule has 0 N–H and O–H groups in total. The van der Waals surface area contributed by atoms with E-state index in [0.717, 1.165) is 38.8 Å². The van der Waals surface area contributed by atoms with Crippen molar-refractivity contribution in [2.24, 2.45) is 11.8 Å². The van der Waals surface area contributed by atoms with Gasteiger partial charge >= 0.3 is 0 Å². The smallest absolute Gasteiger partial charge is 0.254 e. The van der Waals surface area contributed by atoms with Crippen LogP contribution in [0, 0.1) is 11.8 Å². The third kappa shape index (κ3) is 3.62. The van der Waals surface area contributed by atoms with E-state index in [4.69, 9.17) is 0 Å². The summed E-state index contributed by atoms with van der Waals surface area (Å²) in [6.07, 6.45) is 12.5. The average Bonchev–Trinajstić information content (AvgIpc) is 3.14. The van der Waals surface area contributed by atoms with Crippen molar-refractivity contribution in [3.63, 3.8) is 0 Å². The van der Waals surface area contributed by atoms with E-state index in [1.54, 1.807) is 24.5 Å². The van der Waals surface area contributed by atoms with Gasteiger partial charge in [0.2, 0.25) is 5.91 Å². The zero-order valence-electron chi connectivity index (χ0n) is 15.5. The van der Waals surface area contributed by atoms with Gasteiger partial charge in [0, 0.05) is 49.6 Å². The number of carbonyl (C=O) groups excluding carboxylic acids is 2. The van der Waals surface area contributed by atoms with Gasteiger partial charge in [-0.05, 0) is 43.7 Å². The molecule has 1 aliphatic carbocycles. The van der Waals surface area contributed by atoms with Gasteiger partial charge in [0.05, 0.1) is 0 Å². The van der Waals surface area contributed by atoms with Crippen LogP contribution in [0.25, 0.3) is 0 Å². The lowest BCUT2D eigenvalue weighted by atomic mass is 9.91. The lowest BCUT2D eigenvalue weighted by Gasteiger charge is -2.38. The third-order valence-corrected chi connectivity index (χ3v) is 6.42. The number of piperidine rings is 1. The SMILES string of the molecule is O=C(c1ccncc1)N1C[C@@H]2CC[C@H](C1)N(C(=O)C1CCCCCC1)C2. The van der Waals surface area contributed by atoms with Crippen LogP contribution in [0.4, 0.5) is 0 Å². The summed E-state index contributed by atoms with van der Waals surface area (Å²) in [6.45, 7) is 2.28. The van der Waals surface area contributed by atoms with Gasteiger partial charge < -0.3 is 9.80 Å². The first-order valence-electron chi connectivity index (χ1n) is 10.2. The fourth-order valence-electron chi connectivity index (χ4n) is 4.96. The number of rotatable bonds is 2. The number of aromatic nitrogens is 1. The zero-order chi connectivity index (χ0) is 17.9. The van der Waals surface area contributed by atoms with E-state index in [-0.39, 0.29) is 17.9 Å². The molecule has 0 aromatic carbocycles. The van der Waals surface area contributed by atoms with Crippen molar-refractivity contribution in [3.8, 4) is 0 Å². The molecule has 0 unspecified atom stereocenters. The van der Waals surface area contributed by atoms with Crippen molar-refractivity contribution >= 4 is 11.8 Å². The van der Waals surface area contributed by atoms with Crippen LogP contribution >= 0.6 is 0 Å². The Morgan fingerprint density at radius 1 is 0.885 bits per heavy atom. The number of pyridine rings is 1. The maximum Gasteiger partial charge on any atom is 0.254 e. The van der Waals surface area contributed by atoms with Gasteiger partial charge in [-0.1, -0.05) is 25.7 Å². The maximum absolute atomic E-state index is 13.2. The van der Waals surface area contributed by atoms with Gasteiger partial charge in [0.1, 0.15) is 0 Å². The summed E-state index contributed by atoms with van der Waals surface area (Å²) in [7, 11) is 0. The van der Waals surface area contributed by atoms with Gasteiger partial charge in [0.15, 0.2) is 0 Å². The largest absolute Gasteiger partial charge is 0.337 e. The predicted octanol–water partition coefficient (Wildman–Crippen LogP) is 3.12. The first kappa shape index (κ1) is 17.5. The Bertz CT molecular complexity index is 640. The summed E-state index contributed by atoms with van der Waals surface area (Å²) >= 11 is 0. The van der Waals surface area contributed by atoms with E-state index >= 15 is 0 Å². The Morgan fingerprint density at radius 3 is 2.35 bits per heavy atom. The Hall–Kier alpha value is -1.91. The van der Waals surface area contributed by atoms with Crippen molar-refractivity contribution in [3.05, 3.63) is 30.1 Å². The van der Waals surface area contributed by atoms with Gasteiger partial charge in [-0.15, -0.1) is 0 Å². The van der Waals surface area contributed by atoms with Crippen molar-refractivity contribution < 1.29 is 9.59 Å². The molecule has 4 heterocycles. The van der Waals surface area contributed by atoms with E-state index in [1.807, 2.05) is 4.90 Å². The second-order valence-corrected chi connectivity index (χ2v) is 8.22. The highest BCUT2D eigenvalue weighted by molar-refractivity contribution is 5.94. The average molecular weight is 355 g/mol. The molecule has 2 bridgehead atoms. The first-order valence-corrected chi connectivity index (χ1v) is 10.2. The number of fused-ring (bicyclic) bond motifs is 4. The number of nitrogens with zero attached hydrogens (tertiary/aromatic N) is 3. The predicted molar refractivity (Wildman–Crippen MR) is 99.6 cm³/mol. The fraction of sp³-hybridized carbons (Fsp3) is 0.667. The number of hydrogen-bond donors (Lipinski definition) is 0. The van der Waals surface area contributed by atoms with Crippen LogP contribution in [0.15, 0.2) is 24.5 Å². The molecule has 3 saturated heterocycles. The highest BCUT2D eigenvalue weighted by Gasteiger charge is 2.40. The summed E-state index contributed by atoms with van der Waals surface area (Å²) in [6, 6.07) is 3.75. The van der Waals surface area contributed by atoms with Gasteiger partial charge in [0.25, 0.3) is 5.91 Å². The molecule has 26 heavy (non-hydrogen) atoms. The van der Waals surface area contributed by atoms with E-state index in [9.17, 15) is 9.59 Å². The topological polar surface area (TPSA) is 53.5 Å². The van der Waals surface area contributed by atoms with Crippen LogP contribution < -0.4 is 0 Å². The minimum atomic E-state index is 0.0769. The summed E-state index contributed by atoms with van der Waals surface area (Å²) in [5.74, 6) is 1.06. The second kappa shape index (κ2) is 7.77. The summed E-state index contributed by atoms with van der Waals surface area (Å²) in [4.78, 5) is 34.2. The lowest BCUT2D eigenvalue weighted by Crippen LogP contribution is -2.49. The Balaban J connectivity index is 1.48. The Morgan fingerprint density at radius 2 is 1.62 bits per heavy atom. The standard InChI is InChI=1S/C21H29N3O2/c25-20(18-9-11-22-12-10-18)23-13-16-7-8-19(15-23)24(14-16)21(26)17-5-3-1-2-4-6-17/h9-12,16-17,19H,1-8,13-15H2/t16-,19+/m0/s1. The molecule has 5 rings (SSSR count). The molecule has 3 aliphatic heterocycles. The fourth-order valence-corrected chi connectivity index (χ4v) is 4.96. The van der Waals surface area contributed by atoms with Crippen molar-refractivity contribution in [1.82, 2.24) is 14.8 Å². The zero-order valence-corrected chi connectivity index (χ0v) is 15.5. The van der Waals surface area contributed by atoms with Gasteiger partial charge in [-0.2, -0.15) is 0 Å². The minimum Gasteiger partial charge on any atom is -0.337 e. The van der Waals surface area contributed by atoms with Gasteiger partial charge in [-0.25, -0.2) is 0 Å². The molecular weight excluding hydrogens is 326 g/mol. The van der Waals surface area contributed by atoms with E-state index in [2.05, 4.69) is 9.88 Å². The van der Waals surface area contributed by atoms with Crippen LogP contribution in [0.3, 0.4) is 0 Å². The monoisotopic (exact) mass is 355 g/mol. The van der Waals surface area contributed by atoms with E-state index < -0.39 is 0 Å². The normalized spacial score (nSPS) is 27.1. The van der Waals surface area contributed by atoms with Crippen LogP contribution in [-0.2, 0) is 4.79 Å². The molecule has 5 nitrogen and oxygen atoms in total. The van der Waals surface area contributed by atoms with E-state index in [0.29, 0.717) is 23.9 Å². The van der Waals surface area contributed by atoms with Crippen LogP contribution in [-0.4, -0.2) is 52.3 Å². The molecule has 4 fully saturated rings. The molecule has 1 aromatic heterocycles. The molecule has 2 atom stereocenters. The number of hydrogen-bond acceptors (Lipinski definition) is 3. The van der Waals surface area contributed by atoms with Crippen molar-refractivity contribution in [1.29, 1.82) is 0 Å².